The van der Waals surface area contributed by atoms with Crippen LogP contribution in [0, 0.1) is 0 Å². The van der Waals surface area contributed by atoms with Crippen LogP contribution in [0.25, 0.3) is 0 Å². The van der Waals surface area contributed by atoms with Gasteiger partial charge in [-0.2, -0.15) is 0 Å². The molecule has 0 unspecified atom stereocenters. The Labute approximate surface area is 135 Å². The molecule has 0 aromatic carbocycles. The summed E-state index contributed by atoms with van der Waals surface area (Å²) in [6, 6.07) is 0. The van der Waals surface area contributed by atoms with Crippen molar-refractivity contribution in [1.29, 1.82) is 0 Å². The van der Waals surface area contributed by atoms with E-state index in [1.165, 1.54) is 20.0 Å². The molecule has 4 nitrogen and oxygen atoms in total. The van der Waals surface area contributed by atoms with Crippen LogP contribution >= 0.6 is 0 Å². The van der Waals surface area contributed by atoms with Gasteiger partial charge in [0, 0.05) is 6.42 Å². The lowest BCUT2D eigenvalue weighted by Gasteiger charge is -2.37. The van der Waals surface area contributed by atoms with Gasteiger partial charge >= 0.3 is 5.97 Å². The summed E-state index contributed by atoms with van der Waals surface area (Å²) in [7, 11) is -0.142. The fraction of sp³-hybridized carbons (Fsp3) is 0.824. The number of carbonyl (C=O) groups excluding carboxylic acids is 1. The van der Waals surface area contributed by atoms with Crippen LogP contribution < -0.4 is 0 Å². The maximum atomic E-state index is 11.9. The Bertz CT molecular complexity index is 425. The third-order valence-electron chi connectivity index (χ3n) is 4.29. The minimum atomic E-state index is -1.59. The van der Waals surface area contributed by atoms with E-state index in [1.807, 2.05) is 0 Å². The van der Waals surface area contributed by atoms with Crippen LogP contribution in [0.2, 0.25) is 19.6 Å². The van der Waals surface area contributed by atoms with E-state index in [2.05, 4.69) is 19.6 Å². The lowest BCUT2D eigenvalue weighted by Crippen LogP contribution is -2.42. The van der Waals surface area contributed by atoms with Gasteiger partial charge in [-0.1, -0.05) is 6.42 Å². The summed E-state index contributed by atoms with van der Waals surface area (Å²) in [5, 5.41) is 0. The molecule has 22 heavy (non-hydrogen) atoms. The molecule has 0 N–H and O–H groups in total. The van der Waals surface area contributed by atoms with Crippen LogP contribution in [0.3, 0.4) is 0 Å². The zero-order valence-corrected chi connectivity index (χ0v) is 15.4. The van der Waals surface area contributed by atoms with Crippen molar-refractivity contribution < 1.29 is 18.7 Å². The van der Waals surface area contributed by atoms with E-state index in [4.69, 9.17) is 13.9 Å². The molecule has 1 saturated carbocycles. The summed E-state index contributed by atoms with van der Waals surface area (Å²) in [4.78, 5) is 11.9. The Morgan fingerprint density at radius 2 is 1.64 bits per heavy atom. The smallest absolute Gasteiger partial charge is 0.337 e. The van der Waals surface area contributed by atoms with Crippen LogP contribution in [0.1, 0.15) is 51.4 Å². The van der Waals surface area contributed by atoms with E-state index in [0.717, 1.165) is 49.9 Å². The second kappa shape index (κ2) is 7.64. The molecule has 2 rings (SSSR count). The largest absolute Gasteiger partial charge is 0.492 e. The van der Waals surface area contributed by atoms with Crippen LogP contribution in [0.5, 0.6) is 0 Å². The Balaban J connectivity index is 2.11. The molecule has 0 aromatic rings. The van der Waals surface area contributed by atoms with Gasteiger partial charge in [0.2, 0.25) is 0 Å². The van der Waals surface area contributed by atoms with Gasteiger partial charge in [0.1, 0.15) is 11.9 Å². The highest BCUT2D eigenvalue weighted by atomic mass is 28.4. The first-order valence-electron chi connectivity index (χ1n) is 8.55. The van der Waals surface area contributed by atoms with Gasteiger partial charge in [-0.05, 0) is 58.2 Å². The third kappa shape index (κ3) is 4.85. The molecule has 0 aliphatic heterocycles. The monoisotopic (exact) mass is 326 g/mol. The summed E-state index contributed by atoms with van der Waals surface area (Å²) in [5.74, 6) is 0.627. The summed E-state index contributed by atoms with van der Waals surface area (Å²) in [6.07, 6.45) is 8.48. The van der Waals surface area contributed by atoms with Gasteiger partial charge in [0.25, 0.3) is 0 Å². The number of ether oxygens (including phenoxy) is 2. The predicted octanol–water partition coefficient (Wildman–Crippen LogP) is 4.17. The first kappa shape index (κ1) is 17.5. The minimum Gasteiger partial charge on any atom is -0.492 e. The lowest BCUT2D eigenvalue weighted by atomic mass is 9.93. The number of rotatable bonds is 5. The number of esters is 1. The SMILES string of the molecule is COC(=O)C1=C(O[C@H]2CCCC[C@@H]2O[Si](C)(C)C)CCCC1. The molecule has 0 bridgehead atoms. The van der Waals surface area contributed by atoms with Crippen molar-refractivity contribution in [2.24, 2.45) is 0 Å². The number of methoxy groups -OCH3 is 1. The molecular weight excluding hydrogens is 296 g/mol. The van der Waals surface area contributed by atoms with E-state index in [0.29, 0.717) is 0 Å². The topological polar surface area (TPSA) is 44.8 Å². The highest BCUT2D eigenvalue weighted by Gasteiger charge is 2.33. The molecule has 0 radical (unpaired) electrons. The van der Waals surface area contributed by atoms with Crippen molar-refractivity contribution in [3.63, 3.8) is 0 Å². The summed E-state index contributed by atoms with van der Waals surface area (Å²) >= 11 is 0. The van der Waals surface area contributed by atoms with Gasteiger partial charge in [0.05, 0.1) is 18.8 Å². The Hall–Kier alpha value is -0.813. The fourth-order valence-corrected chi connectivity index (χ4v) is 4.49. The van der Waals surface area contributed by atoms with E-state index in [9.17, 15) is 4.79 Å². The number of hydrogen-bond acceptors (Lipinski definition) is 4. The molecule has 0 saturated heterocycles. The molecule has 2 atom stereocenters. The fourth-order valence-electron chi connectivity index (χ4n) is 3.32. The molecule has 5 heteroatoms. The predicted molar refractivity (Wildman–Crippen MR) is 89.1 cm³/mol. The molecular formula is C17H30O4Si. The summed E-state index contributed by atoms with van der Waals surface area (Å²) in [6.45, 7) is 6.66. The molecule has 0 heterocycles. The summed E-state index contributed by atoms with van der Waals surface area (Å²) < 4.78 is 17.5. The maximum absolute atomic E-state index is 11.9. The second-order valence-electron chi connectivity index (χ2n) is 7.31. The van der Waals surface area contributed by atoms with Gasteiger partial charge in [-0.3, -0.25) is 0 Å². The number of hydrogen-bond donors (Lipinski definition) is 0. The molecule has 0 spiro atoms. The van der Waals surface area contributed by atoms with E-state index >= 15 is 0 Å². The Morgan fingerprint density at radius 3 is 2.27 bits per heavy atom. The molecule has 126 valence electrons. The van der Waals surface area contributed by atoms with Crippen molar-refractivity contribution in [2.45, 2.75) is 83.2 Å². The average Bonchev–Trinajstić information content (AvgIpc) is 2.47. The molecule has 2 aliphatic carbocycles. The van der Waals surface area contributed by atoms with Crippen molar-refractivity contribution in [1.82, 2.24) is 0 Å². The third-order valence-corrected chi connectivity index (χ3v) is 5.30. The number of allylic oxidation sites excluding steroid dienone is 1. The Morgan fingerprint density at radius 1 is 1.00 bits per heavy atom. The zero-order valence-electron chi connectivity index (χ0n) is 14.4. The highest BCUT2D eigenvalue weighted by molar-refractivity contribution is 6.69. The molecule has 0 aromatic heterocycles. The molecule has 0 amide bonds. The zero-order chi connectivity index (χ0) is 16.2. The minimum absolute atomic E-state index is 0.0910. The van der Waals surface area contributed by atoms with E-state index in [1.54, 1.807) is 0 Å². The highest BCUT2D eigenvalue weighted by Crippen LogP contribution is 2.33. The first-order chi connectivity index (χ1) is 10.4. The summed E-state index contributed by atoms with van der Waals surface area (Å²) in [5.41, 5.74) is 0.742. The second-order valence-corrected chi connectivity index (χ2v) is 11.8. The van der Waals surface area contributed by atoms with Crippen LogP contribution in [0.15, 0.2) is 11.3 Å². The van der Waals surface area contributed by atoms with Crippen molar-refractivity contribution in [3.05, 3.63) is 11.3 Å². The molecule has 1 fully saturated rings. The van der Waals surface area contributed by atoms with Gasteiger partial charge in [-0.25, -0.2) is 4.79 Å². The Kier molecular flexibility index (Phi) is 6.09. The van der Waals surface area contributed by atoms with Crippen LogP contribution in [-0.2, 0) is 18.7 Å². The van der Waals surface area contributed by atoms with Crippen molar-refractivity contribution >= 4 is 14.3 Å². The van der Waals surface area contributed by atoms with E-state index in [-0.39, 0.29) is 18.2 Å². The average molecular weight is 327 g/mol. The van der Waals surface area contributed by atoms with Gasteiger partial charge in [-0.15, -0.1) is 0 Å². The van der Waals surface area contributed by atoms with Crippen LogP contribution in [-0.4, -0.2) is 33.6 Å². The number of carbonyl (C=O) groups is 1. The maximum Gasteiger partial charge on any atom is 0.337 e. The lowest BCUT2D eigenvalue weighted by molar-refractivity contribution is -0.137. The van der Waals surface area contributed by atoms with E-state index < -0.39 is 8.32 Å². The van der Waals surface area contributed by atoms with Crippen LogP contribution in [0.4, 0.5) is 0 Å². The standard InChI is InChI=1S/C17H30O4Si/c1-19-17(18)13-9-5-6-10-14(13)20-15-11-7-8-12-16(15)21-22(2,3)4/h15-16H,5-12H2,1-4H3/t15-,16-/m0/s1. The van der Waals surface area contributed by atoms with Crippen molar-refractivity contribution in [2.75, 3.05) is 7.11 Å². The normalized spacial score (nSPS) is 26.7. The first-order valence-corrected chi connectivity index (χ1v) is 12.0. The van der Waals surface area contributed by atoms with Gasteiger partial charge < -0.3 is 13.9 Å². The van der Waals surface area contributed by atoms with Gasteiger partial charge in [0.15, 0.2) is 8.32 Å². The molecule has 2 aliphatic rings. The van der Waals surface area contributed by atoms with Crippen molar-refractivity contribution in [3.8, 4) is 0 Å². The quantitative estimate of drug-likeness (QED) is 0.562.